The highest BCUT2D eigenvalue weighted by Gasteiger charge is 2.07. The number of halogens is 2. The van der Waals surface area contributed by atoms with Crippen molar-refractivity contribution in [3.63, 3.8) is 0 Å². The molecule has 1 aromatic heterocycles. The van der Waals surface area contributed by atoms with Crippen LogP contribution in [0.4, 0.5) is 0 Å². The molecule has 0 aliphatic rings. The molecular weight excluding hydrogens is 346 g/mol. The van der Waals surface area contributed by atoms with Gasteiger partial charge in [-0.25, -0.2) is 0 Å². The largest absolute Gasteiger partial charge is 0.357 e. The van der Waals surface area contributed by atoms with Crippen molar-refractivity contribution in [3.05, 3.63) is 43.1 Å². The summed E-state index contributed by atoms with van der Waals surface area (Å²) < 4.78 is 1.81. The van der Waals surface area contributed by atoms with Gasteiger partial charge in [-0.2, -0.15) is 0 Å². The number of hydrogen-bond donors (Lipinski definition) is 1. The van der Waals surface area contributed by atoms with Crippen molar-refractivity contribution in [1.82, 2.24) is 4.98 Å². The molecule has 1 aromatic carbocycles. The summed E-state index contributed by atoms with van der Waals surface area (Å²) in [6.07, 6.45) is 0.883. The molecular formula is C13H13Br2NO. The van der Waals surface area contributed by atoms with Crippen LogP contribution in [0.2, 0.25) is 0 Å². The molecule has 0 bridgehead atoms. The van der Waals surface area contributed by atoms with Crippen LogP contribution < -0.4 is 5.43 Å². The number of hydrogen-bond acceptors (Lipinski definition) is 1. The number of fused-ring (bicyclic) bond motifs is 1. The van der Waals surface area contributed by atoms with Crippen molar-refractivity contribution in [3.8, 4) is 0 Å². The zero-order chi connectivity index (χ0) is 12.6. The van der Waals surface area contributed by atoms with Crippen LogP contribution in [0, 0.1) is 5.92 Å². The normalized spacial score (nSPS) is 11.4. The quantitative estimate of drug-likeness (QED) is 0.855. The van der Waals surface area contributed by atoms with Gasteiger partial charge in [0.2, 0.25) is 0 Å². The minimum atomic E-state index is 0.0661. The third-order valence-electron chi connectivity index (χ3n) is 2.54. The van der Waals surface area contributed by atoms with Gasteiger partial charge in [0.05, 0.1) is 5.52 Å². The molecule has 0 aliphatic heterocycles. The monoisotopic (exact) mass is 357 g/mol. The first-order valence-electron chi connectivity index (χ1n) is 5.48. The molecule has 0 atom stereocenters. The van der Waals surface area contributed by atoms with Crippen LogP contribution >= 0.6 is 31.9 Å². The minimum Gasteiger partial charge on any atom is -0.357 e. The second-order valence-corrected chi connectivity index (χ2v) is 6.34. The molecule has 90 valence electrons. The Labute approximate surface area is 117 Å². The summed E-state index contributed by atoms with van der Waals surface area (Å²) in [4.78, 5) is 15.4. The Morgan fingerprint density at radius 2 is 1.94 bits per heavy atom. The molecule has 1 N–H and O–H groups in total. The lowest BCUT2D eigenvalue weighted by molar-refractivity contribution is 0.636. The highest BCUT2D eigenvalue weighted by molar-refractivity contribution is 9.11. The molecule has 0 spiro atoms. The Kier molecular flexibility index (Phi) is 3.73. The fourth-order valence-electron chi connectivity index (χ4n) is 1.88. The van der Waals surface area contributed by atoms with Gasteiger partial charge in [-0.1, -0.05) is 29.8 Å². The molecule has 2 rings (SSSR count). The summed E-state index contributed by atoms with van der Waals surface area (Å²) in [5.74, 6) is 0.525. The lowest BCUT2D eigenvalue weighted by atomic mass is 10.1. The molecule has 4 heteroatoms. The van der Waals surface area contributed by atoms with E-state index in [9.17, 15) is 4.79 Å². The number of H-pyrrole nitrogens is 1. The third-order valence-corrected chi connectivity index (χ3v) is 3.62. The van der Waals surface area contributed by atoms with Gasteiger partial charge in [0.25, 0.3) is 0 Å². The number of aromatic amines is 1. The van der Waals surface area contributed by atoms with Gasteiger partial charge in [0.15, 0.2) is 5.43 Å². The second-order valence-electron chi connectivity index (χ2n) is 4.57. The van der Waals surface area contributed by atoms with Gasteiger partial charge in [-0.3, -0.25) is 4.79 Å². The van der Waals surface area contributed by atoms with Crippen molar-refractivity contribution in [2.24, 2.45) is 5.92 Å². The zero-order valence-electron chi connectivity index (χ0n) is 9.68. The van der Waals surface area contributed by atoms with Gasteiger partial charge in [-0.05, 0) is 40.4 Å². The predicted octanol–water partition coefficient (Wildman–Crippen LogP) is 4.25. The summed E-state index contributed by atoms with van der Waals surface area (Å²) in [5, 5.41) is 0.707. The maximum atomic E-state index is 12.0. The summed E-state index contributed by atoms with van der Waals surface area (Å²) in [5.41, 5.74) is 1.92. The summed E-state index contributed by atoms with van der Waals surface area (Å²) in [7, 11) is 0. The average Bonchev–Trinajstić information content (AvgIpc) is 2.19. The molecule has 2 nitrogen and oxygen atoms in total. The number of aromatic nitrogens is 1. The van der Waals surface area contributed by atoms with E-state index in [0.717, 1.165) is 26.6 Å². The number of pyridine rings is 1. The lowest BCUT2D eigenvalue weighted by Crippen LogP contribution is -2.07. The first-order chi connectivity index (χ1) is 7.97. The van der Waals surface area contributed by atoms with E-state index in [0.29, 0.717) is 11.3 Å². The molecule has 0 radical (unpaired) electrons. The molecule has 0 saturated heterocycles. The van der Waals surface area contributed by atoms with E-state index in [1.54, 1.807) is 6.07 Å². The molecule has 0 amide bonds. The Balaban J connectivity index is 2.69. The molecule has 0 aliphatic carbocycles. The number of nitrogens with one attached hydrogen (secondary N) is 1. The molecule has 17 heavy (non-hydrogen) atoms. The smallest absolute Gasteiger partial charge is 0.189 e. The van der Waals surface area contributed by atoms with Crippen molar-refractivity contribution >= 4 is 42.8 Å². The lowest BCUT2D eigenvalue weighted by Gasteiger charge is -2.08. The highest BCUT2D eigenvalue weighted by Crippen LogP contribution is 2.25. The standard InChI is InChI=1S/C13H13Br2NO/c1-7(2)3-9-6-12(17)10-4-8(14)5-11(15)13(10)16-9/h4-7H,3H2,1-2H3,(H,16,17). The average molecular weight is 359 g/mol. The predicted molar refractivity (Wildman–Crippen MR) is 78.5 cm³/mol. The Hall–Kier alpha value is -0.610. The van der Waals surface area contributed by atoms with E-state index in [1.807, 2.05) is 12.1 Å². The first-order valence-corrected chi connectivity index (χ1v) is 7.07. The van der Waals surface area contributed by atoms with E-state index in [2.05, 4.69) is 50.7 Å². The molecule has 1 heterocycles. The van der Waals surface area contributed by atoms with Crippen LogP contribution in [-0.2, 0) is 6.42 Å². The molecule has 0 saturated carbocycles. The summed E-state index contributed by atoms with van der Waals surface area (Å²) in [6, 6.07) is 5.48. The third kappa shape index (κ3) is 2.80. The van der Waals surface area contributed by atoms with Gasteiger partial charge >= 0.3 is 0 Å². The van der Waals surface area contributed by atoms with Crippen molar-refractivity contribution < 1.29 is 0 Å². The Morgan fingerprint density at radius 3 is 2.59 bits per heavy atom. The SMILES string of the molecule is CC(C)Cc1cc(=O)c2cc(Br)cc(Br)c2[nH]1. The topological polar surface area (TPSA) is 32.9 Å². The summed E-state index contributed by atoms with van der Waals surface area (Å²) in [6.45, 7) is 4.28. The Bertz CT molecular complexity index is 617. The van der Waals surface area contributed by atoms with Crippen molar-refractivity contribution in [1.29, 1.82) is 0 Å². The maximum absolute atomic E-state index is 12.0. The van der Waals surface area contributed by atoms with E-state index in [4.69, 9.17) is 0 Å². The number of rotatable bonds is 2. The molecule has 0 unspecified atom stereocenters. The number of benzene rings is 1. The zero-order valence-corrected chi connectivity index (χ0v) is 12.9. The van der Waals surface area contributed by atoms with Gasteiger partial charge in [-0.15, -0.1) is 0 Å². The van der Waals surface area contributed by atoms with Gasteiger partial charge in [0.1, 0.15) is 0 Å². The van der Waals surface area contributed by atoms with E-state index in [1.165, 1.54) is 0 Å². The van der Waals surface area contributed by atoms with E-state index >= 15 is 0 Å². The van der Waals surface area contributed by atoms with Gasteiger partial charge in [0, 0.05) is 26.1 Å². The van der Waals surface area contributed by atoms with E-state index < -0.39 is 0 Å². The maximum Gasteiger partial charge on any atom is 0.189 e. The van der Waals surface area contributed by atoms with Crippen molar-refractivity contribution in [2.75, 3.05) is 0 Å². The van der Waals surface area contributed by atoms with E-state index in [-0.39, 0.29) is 5.43 Å². The Morgan fingerprint density at radius 1 is 1.24 bits per heavy atom. The van der Waals surface area contributed by atoms with Crippen LogP contribution in [-0.4, -0.2) is 4.98 Å². The van der Waals surface area contributed by atoms with Crippen LogP contribution in [0.5, 0.6) is 0 Å². The highest BCUT2D eigenvalue weighted by atomic mass is 79.9. The fraction of sp³-hybridized carbons (Fsp3) is 0.308. The summed E-state index contributed by atoms with van der Waals surface area (Å²) >= 11 is 6.88. The van der Waals surface area contributed by atoms with Crippen LogP contribution in [0.15, 0.2) is 31.9 Å². The molecule has 2 aromatic rings. The van der Waals surface area contributed by atoms with Crippen LogP contribution in [0.25, 0.3) is 10.9 Å². The minimum absolute atomic E-state index is 0.0661. The van der Waals surface area contributed by atoms with Crippen LogP contribution in [0.1, 0.15) is 19.5 Å². The first kappa shape index (κ1) is 12.8. The fourth-order valence-corrected chi connectivity index (χ4v) is 3.20. The van der Waals surface area contributed by atoms with Gasteiger partial charge < -0.3 is 4.98 Å². The van der Waals surface area contributed by atoms with Crippen LogP contribution in [0.3, 0.4) is 0 Å². The molecule has 0 fully saturated rings. The van der Waals surface area contributed by atoms with Crippen molar-refractivity contribution in [2.45, 2.75) is 20.3 Å². The second kappa shape index (κ2) is 4.94.